The lowest BCUT2D eigenvalue weighted by Crippen LogP contribution is -2.27. The van der Waals surface area contributed by atoms with Crippen LogP contribution in [0.4, 0.5) is 5.82 Å². The van der Waals surface area contributed by atoms with Crippen molar-refractivity contribution in [3.63, 3.8) is 0 Å². The molecule has 0 aliphatic heterocycles. The second kappa shape index (κ2) is 5.69. The second-order valence-corrected chi connectivity index (χ2v) is 4.85. The first kappa shape index (κ1) is 14.0. The van der Waals surface area contributed by atoms with E-state index in [2.05, 4.69) is 9.97 Å². The Balaban J connectivity index is 2.16. The molecule has 0 saturated heterocycles. The van der Waals surface area contributed by atoms with E-state index in [-0.39, 0.29) is 5.91 Å². The number of amides is 1. The summed E-state index contributed by atoms with van der Waals surface area (Å²) in [5.41, 5.74) is 8.75. The summed E-state index contributed by atoms with van der Waals surface area (Å²) in [6.45, 7) is 4.20. The van der Waals surface area contributed by atoms with Crippen molar-refractivity contribution in [2.24, 2.45) is 0 Å². The van der Waals surface area contributed by atoms with Gasteiger partial charge in [0.05, 0.1) is 12.2 Å². The lowest BCUT2D eigenvalue weighted by molar-refractivity contribution is 0.0783. The van der Waals surface area contributed by atoms with Crippen LogP contribution in [-0.2, 0) is 6.54 Å². The second-order valence-electron chi connectivity index (χ2n) is 4.85. The molecule has 5 heteroatoms. The lowest BCUT2D eigenvalue weighted by Gasteiger charge is -2.17. The highest BCUT2D eigenvalue weighted by atomic mass is 16.2. The van der Waals surface area contributed by atoms with Crippen molar-refractivity contribution in [2.75, 3.05) is 12.8 Å². The molecule has 0 fully saturated rings. The van der Waals surface area contributed by atoms with E-state index >= 15 is 0 Å². The monoisotopic (exact) mass is 270 g/mol. The first-order chi connectivity index (χ1) is 9.45. The molecule has 0 atom stereocenters. The molecule has 2 heterocycles. The molecule has 0 spiro atoms. The summed E-state index contributed by atoms with van der Waals surface area (Å²) in [5.74, 6) is 0.265. The van der Waals surface area contributed by atoms with E-state index in [4.69, 9.17) is 5.73 Å². The number of hydrogen-bond donors (Lipinski definition) is 1. The van der Waals surface area contributed by atoms with Gasteiger partial charge in [-0.3, -0.25) is 9.78 Å². The Morgan fingerprint density at radius 3 is 2.60 bits per heavy atom. The molecule has 2 aromatic heterocycles. The van der Waals surface area contributed by atoms with Crippen molar-refractivity contribution >= 4 is 11.7 Å². The van der Waals surface area contributed by atoms with Crippen LogP contribution < -0.4 is 5.73 Å². The predicted molar refractivity (Wildman–Crippen MR) is 78.2 cm³/mol. The third kappa shape index (κ3) is 3.32. The van der Waals surface area contributed by atoms with Crippen LogP contribution in [-0.4, -0.2) is 27.8 Å². The van der Waals surface area contributed by atoms with Crippen LogP contribution >= 0.6 is 0 Å². The Labute approximate surface area is 118 Å². The third-order valence-electron chi connectivity index (χ3n) is 2.91. The van der Waals surface area contributed by atoms with Crippen molar-refractivity contribution < 1.29 is 4.79 Å². The van der Waals surface area contributed by atoms with Crippen LogP contribution in [0.15, 0.2) is 30.3 Å². The highest BCUT2D eigenvalue weighted by molar-refractivity contribution is 5.94. The van der Waals surface area contributed by atoms with Gasteiger partial charge in [0, 0.05) is 24.0 Å². The zero-order valence-corrected chi connectivity index (χ0v) is 11.9. The SMILES string of the molecule is Cc1cc(C(=O)N(C)Cc2cccc(C)n2)cc(N)n1. The van der Waals surface area contributed by atoms with Crippen LogP contribution in [0.5, 0.6) is 0 Å². The normalized spacial score (nSPS) is 10.3. The first-order valence-corrected chi connectivity index (χ1v) is 6.38. The maximum Gasteiger partial charge on any atom is 0.254 e. The Morgan fingerprint density at radius 1 is 1.20 bits per heavy atom. The fourth-order valence-corrected chi connectivity index (χ4v) is 2.04. The maximum atomic E-state index is 12.4. The smallest absolute Gasteiger partial charge is 0.254 e. The Morgan fingerprint density at radius 2 is 1.95 bits per heavy atom. The van der Waals surface area contributed by atoms with Crippen LogP contribution in [0.3, 0.4) is 0 Å². The van der Waals surface area contributed by atoms with Crippen molar-refractivity contribution in [1.82, 2.24) is 14.9 Å². The molecule has 0 bridgehead atoms. The minimum atomic E-state index is -0.0921. The summed E-state index contributed by atoms with van der Waals surface area (Å²) < 4.78 is 0. The summed E-state index contributed by atoms with van der Waals surface area (Å²) in [5, 5.41) is 0. The Kier molecular flexibility index (Phi) is 3.98. The van der Waals surface area contributed by atoms with Gasteiger partial charge >= 0.3 is 0 Å². The molecule has 0 aliphatic rings. The molecule has 20 heavy (non-hydrogen) atoms. The molecule has 0 radical (unpaired) electrons. The van der Waals surface area contributed by atoms with Crippen LogP contribution in [0, 0.1) is 13.8 Å². The molecule has 104 valence electrons. The van der Waals surface area contributed by atoms with E-state index < -0.39 is 0 Å². The van der Waals surface area contributed by atoms with Gasteiger partial charge in [-0.25, -0.2) is 4.98 Å². The number of anilines is 1. The van der Waals surface area contributed by atoms with Gasteiger partial charge in [-0.2, -0.15) is 0 Å². The van der Waals surface area contributed by atoms with Crippen molar-refractivity contribution in [3.05, 3.63) is 53.0 Å². The molecule has 0 aromatic carbocycles. The largest absolute Gasteiger partial charge is 0.384 e. The van der Waals surface area contributed by atoms with E-state index in [1.54, 1.807) is 24.1 Å². The van der Waals surface area contributed by atoms with Crippen LogP contribution in [0.1, 0.15) is 27.4 Å². The standard InChI is InChI=1S/C15H18N4O/c1-10-5-4-6-13(17-10)9-19(3)15(20)12-7-11(2)18-14(16)8-12/h4-8H,9H2,1-3H3,(H2,16,18). The number of hydrogen-bond acceptors (Lipinski definition) is 4. The minimum absolute atomic E-state index is 0.0921. The van der Waals surface area contributed by atoms with Crippen LogP contribution in [0.25, 0.3) is 0 Å². The molecular weight excluding hydrogens is 252 g/mol. The average molecular weight is 270 g/mol. The first-order valence-electron chi connectivity index (χ1n) is 6.38. The number of nitrogen functional groups attached to an aromatic ring is 1. The van der Waals surface area contributed by atoms with Gasteiger partial charge in [0.1, 0.15) is 5.82 Å². The average Bonchev–Trinajstić information content (AvgIpc) is 2.36. The van der Waals surface area contributed by atoms with E-state index in [0.29, 0.717) is 17.9 Å². The highest BCUT2D eigenvalue weighted by Crippen LogP contribution is 2.11. The molecule has 5 nitrogen and oxygen atoms in total. The number of rotatable bonds is 3. The number of nitrogens with zero attached hydrogens (tertiary/aromatic N) is 3. The van der Waals surface area contributed by atoms with Crippen molar-refractivity contribution in [1.29, 1.82) is 0 Å². The molecule has 1 amide bonds. The Bertz CT molecular complexity index is 619. The highest BCUT2D eigenvalue weighted by Gasteiger charge is 2.14. The quantitative estimate of drug-likeness (QED) is 0.925. The molecule has 2 N–H and O–H groups in total. The summed E-state index contributed by atoms with van der Waals surface area (Å²) in [6.07, 6.45) is 0. The molecule has 2 aromatic rings. The molecule has 0 saturated carbocycles. The van der Waals surface area contributed by atoms with Crippen molar-refractivity contribution in [3.8, 4) is 0 Å². The number of aromatic nitrogens is 2. The van der Waals surface area contributed by atoms with Crippen molar-refractivity contribution in [2.45, 2.75) is 20.4 Å². The summed E-state index contributed by atoms with van der Waals surface area (Å²) in [7, 11) is 1.75. The third-order valence-corrected chi connectivity index (χ3v) is 2.91. The number of carbonyl (C=O) groups excluding carboxylic acids is 1. The molecule has 0 aliphatic carbocycles. The van der Waals surface area contributed by atoms with Gasteiger partial charge in [-0.1, -0.05) is 6.07 Å². The van der Waals surface area contributed by atoms with E-state index in [9.17, 15) is 4.79 Å². The summed E-state index contributed by atoms with van der Waals surface area (Å²) >= 11 is 0. The number of nitrogens with two attached hydrogens (primary N) is 1. The van der Waals surface area contributed by atoms with Gasteiger partial charge in [0.15, 0.2) is 0 Å². The zero-order chi connectivity index (χ0) is 14.7. The molecule has 2 rings (SSSR count). The minimum Gasteiger partial charge on any atom is -0.384 e. The summed E-state index contributed by atoms with van der Waals surface area (Å²) in [6, 6.07) is 9.10. The molecule has 0 unspecified atom stereocenters. The Hall–Kier alpha value is -2.43. The lowest BCUT2D eigenvalue weighted by atomic mass is 10.2. The van der Waals surface area contributed by atoms with Gasteiger partial charge in [-0.15, -0.1) is 0 Å². The van der Waals surface area contributed by atoms with Crippen LogP contribution in [0.2, 0.25) is 0 Å². The molecular formula is C15H18N4O. The fourth-order valence-electron chi connectivity index (χ4n) is 2.04. The van der Waals surface area contributed by atoms with E-state index in [1.807, 2.05) is 32.0 Å². The van der Waals surface area contributed by atoms with Gasteiger partial charge in [0.2, 0.25) is 0 Å². The van der Waals surface area contributed by atoms with E-state index in [0.717, 1.165) is 17.1 Å². The van der Waals surface area contributed by atoms with Gasteiger partial charge < -0.3 is 10.6 Å². The number of carbonyl (C=O) groups is 1. The zero-order valence-electron chi connectivity index (χ0n) is 11.9. The number of aryl methyl sites for hydroxylation is 2. The predicted octanol–water partition coefficient (Wildman–Crippen LogP) is 1.95. The fraction of sp³-hybridized carbons (Fsp3) is 0.267. The topological polar surface area (TPSA) is 72.1 Å². The summed E-state index contributed by atoms with van der Waals surface area (Å²) in [4.78, 5) is 22.4. The maximum absolute atomic E-state index is 12.4. The van der Waals surface area contributed by atoms with Gasteiger partial charge in [-0.05, 0) is 38.1 Å². The number of pyridine rings is 2. The van der Waals surface area contributed by atoms with Gasteiger partial charge in [0.25, 0.3) is 5.91 Å². The van der Waals surface area contributed by atoms with E-state index in [1.165, 1.54) is 0 Å².